The van der Waals surface area contributed by atoms with Crippen LogP contribution in [0.4, 0.5) is 0 Å². The number of amides is 2. The highest BCUT2D eigenvalue weighted by atomic mass is 16.2. The van der Waals surface area contributed by atoms with E-state index in [9.17, 15) is 9.59 Å². The van der Waals surface area contributed by atoms with E-state index in [0.29, 0.717) is 12.8 Å². The molecule has 0 aromatic carbocycles. The van der Waals surface area contributed by atoms with Crippen LogP contribution in [0.1, 0.15) is 116 Å². The molecule has 1 aliphatic rings. The van der Waals surface area contributed by atoms with Crippen LogP contribution in [0.2, 0.25) is 0 Å². The zero-order valence-electron chi connectivity index (χ0n) is 17.1. The fourth-order valence-electron chi connectivity index (χ4n) is 3.70. The first-order valence-corrected chi connectivity index (χ1v) is 11.3. The van der Waals surface area contributed by atoms with Gasteiger partial charge in [-0.05, 0) is 19.3 Å². The van der Waals surface area contributed by atoms with Crippen molar-refractivity contribution in [2.75, 3.05) is 6.54 Å². The Hall–Kier alpha value is -1.06. The summed E-state index contributed by atoms with van der Waals surface area (Å²) in [5.74, 6) is 0.182. The minimum absolute atomic E-state index is 0.0342. The largest absolute Gasteiger partial charge is 0.356 e. The van der Waals surface area contributed by atoms with E-state index in [4.69, 9.17) is 0 Å². The highest BCUT2D eigenvalue weighted by Gasteiger charge is 2.18. The second-order valence-electron chi connectivity index (χ2n) is 7.95. The van der Waals surface area contributed by atoms with Crippen LogP contribution in [0.25, 0.3) is 0 Å². The predicted molar refractivity (Wildman–Crippen MR) is 109 cm³/mol. The molecule has 0 bridgehead atoms. The summed E-state index contributed by atoms with van der Waals surface area (Å²) in [5.41, 5.74) is 0. The molecule has 0 unspecified atom stereocenters. The van der Waals surface area contributed by atoms with Gasteiger partial charge < -0.3 is 10.6 Å². The van der Waals surface area contributed by atoms with Crippen molar-refractivity contribution in [3.63, 3.8) is 0 Å². The molecule has 0 radical (unpaired) electrons. The quantitative estimate of drug-likeness (QED) is 0.389. The van der Waals surface area contributed by atoms with Crippen LogP contribution in [0, 0.1) is 0 Å². The molecule has 152 valence electrons. The topological polar surface area (TPSA) is 58.2 Å². The SMILES string of the molecule is CCCCCCCCCCCCCCCC(=O)N[C@H]1CCCNC(=O)C1. The van der Waals surface area contributed by atoms with E-state index in [-0.39, 0.29) is 17.9 Å². The third-order valence-electron chi connectivity index (χ3n) is 5.36. The lowest BCUT2D eigenvalue weighted by Crippen LogP contribution is -2.36. The second kappa shape index (κ2) is 16.1. The first-order chi connectivity index (χ1) is 12.7. The van der Waals surface area contributed by atoms with E-state index < -0.39 is 0 Å². The lowest BCUT2D eigenvalue weighted by atomic mass is 10.0. The van der Waals surface area contributed by atoms with E-state index in [0.717, 1.165) is 32.2 Å². The van der Waals surface area contributed by atoms with Gasteiger partial charge in [-0.25, -0.2) is 0 Å². The number of hydrogen-bond acceptors (Lipinski definition) is 2. The van der Waals surface area contributed by atoms with E-state index in [1.165, 1.54) is 70.6 Å². The van der Waals surface area contributed by atoms with Gasteiger partial charge in [-0.1, -0.05) is 84.0 Å². The predicted octanol–water partition coefficient (Wildman–Crippen LogP) is 5.25. The van der Waals surface area contributed by atoms with Crippen molar-refractivity contribution < 1.29 is 9.59 Å². The number of rotatable bonds is 15. The third-order valence-corrected chi connectivity index (χ3v) is 5.36. The minimum atomic E-state index is 0.0342. The Balaban J connectivity index is 1.85. The van der Waals surface area contributed by atoms with Crippen LogP contribution in [-0.2, 0) is 9.59 Å². The second-order valence-corrected chi connectivity index (χ2v) is 7.95. The molecule has 4 heteroatoms. The summed E-state index contributed by atoms with van der Waals surface area (Å²) in [6, 6.07) is 0.0342. The zero-order chi connectivity index (χ0) is 18.9. The van der Waals surface area contributed by atoms with Crippen LogP contribution < -0.4 is 10.6 Å². The number of hydrogen-bond donors (Lipinski definition) is 2. The molecular formula is C22H42N2O2. The summed E-state index contributed by atoms with van der Waals surface area (Å²) in [6.07, 6.45) is 20.1. The van der Waals surface area contributed by atoms with Gasteiger partial charge >= 0.3 is 0 Å². The molecule has 0 spiro atoms. The lowest BCUT2D eigenvalue weighted by Gasteiger charge is -2.15. The Morgan fingerprint density at radius 1 is 0.923 bits per heavy atom. The van der Waals surface area contributed by atoms with E-state index in [1.54, 1.807) is 0 Å². The highest BCUT2D eigenvalue weighted by molar-refractivity contribution is 5.79. The average molecular weight is 367 g/mol. The molecule has 1 atom stereocenters. The maximum absolute atomic E-state index is 12.0. The van der Waals surface area contributed by atoms with Crippen molar-refractivity contribution in [3.05, 3.63) is 0 Å². The molecule has 0 saturated carbocycles. The fraction of sp³-hybridized carbons (Fsp3) is 0.909. The van der Waals surface area contributed by atoms with Crippen molar-refractivity contribution in [2.45, 2.75) is 122 Å². The zero-order valence-corrected chi connectivity index (χ0v) is 17.1. The molecule has 1 aliphatic heterocycles. The third kappa shape index (κ3) is 13.2. The normalized spacial score (nSPS) is 17.6. The van der Waals surface area contributed by atoms with E-state index in [1.807, 2.05) is 0 Å². The summed E-state index contributed by atoms with van der Waals surface area (Å²) in [5, 5.41) is 5.89. The van der Waals surface area contributed by atoms with Gasteiger partial charge in [-0.15, -0.1) is 0 Å². The van der Waals surface area contributed by atoms with Gasteiger partial charge in [0.1, 0.15) is 0 Å². The summed E-state index contributed by atoms with van der Waals surface area (Å²) < 4.78 is 0. The molecule has 1 fully saturated rings. The van der Waals surface area contributed by atoms with Gasteiger partial charge in [-0.3, -0.25) is 9.59 Å². The Morgan fingerprint density at radius 2 is 1.46 bits per heavy atom. The summed E-state index contributed by atoms with van der Waals surface area (Å²) >= 11 is 0. The van der Waals surface area contributed by atoms with Gasteiger partial charge in [0.2, 0.25) is 11.8 Å². The van der Waals surface area contributed by atoms with Gasteiger partial charge in [0.05, 0.1) is 0 Å². The van der Waals surface area contributed by atoms with Gasteiger partial charge in [0.25, 0.3) is 0 Å². The Bertz CT molecular complexity index is 371. The fourth-order valence-corrected chi connectivity index (χ4v) is 3.70. The number of nitrogens with one attached hydrogen (secondary N) is 2. The van der Waals surface area contributed by atoms with Crippen LogP contribution in [0.15, 0.2) is 0 Å². The van der Waals surface area contributed by atoms with Crippen molar-refractivity contribution in [2.24, 2.45) is 0 Å². The average Bonchev–Trinajstić information content (AvgIpc) is 2.82. The smallest absolute Gasteiger partial charge is 0.222 e. The van der Waals surface area contributed by atoms with E-state index >= 15 is 0 Å². The minimum Gasteiger partial charge on any atom is -0.356 e. The molecule has 2 N–H and O–H groups in total. The standard InChI is InChI=1S/C22H42N2O2/c1-2-3-4-5-6-7-8-9-10-11-12-13-14-17-21(25)24-20-16-15-18-23-22(26)19-20/h20H,2-19H2,1H3,(H,23,26)(H,24,25)/t20-/m0/s1. The number of unbranched alkanes of at least 4 members (excludes halogenated alkanes) is 12. The first-order valence-electron chi connectivity index (χ1n) is 11.3. The van der Waals surface area contributed by atoms with Crippen LogP contribution in [0.5, 0.6) is 0 Å². The van der Waals surface area contributed by atoms with Crippen LogP contribution in [0.3, 0.4) is 0 Å². The van der Waals surface area contributed by atoms with Crippen molar-refractivity contribution >= 4 is 11.8 Å². The van der Waals surface area contributed by atoms with Gasteiger partial charge in [0.15, 0.2) is 0 Å². The summed E-state index contributed by atoms with van der Waals surface area (Å²) in [4.78, 5) is 23.5. The van der Waals surface area contributed by atoms with Crippen LogP contribution in [-0.4, -0.2) is 24.4 Å². The van der Waals surface area contributed by atoms with Crippen molar-refractivity contribution in [1.29, 1.82) is 0 Å². The molecule has 0 aliphatic carbocycles. The number of carbonyl (C=O) groups excluding carboxylic acids is 2. The van der Waals surface area contributed by atoms with E-state index in [2.05, 4.69) is 17.6 Å². The molecule has 4 nitrogen and oxygen atoms in total. The molecule has 1 saturated heterocycles. The van der Waals surface area contributed by atoms with Crippen molar-refractivity contribution in [1.82, 2.24) is 10.6 Å². The first kappa shape index (κ1) is 23.0. The Morgan fingerprint density at radius 3 is 2.04 bits per heavy atom. The Labute approximate surface area is 161 Å². The van der Waals surface area contributed by atoms with Crippen LogP contribution >= 0.6 is 0 Å². The maximum atomic E-state index is 12.0. The summed E-state index contributed by atoms with van der Waals surface area (Å²) in [6.45, 7) is 3.01. The lowest BCUT2D eigenvalue weighted by molar-refractivity contribution is -0.123. The maximum Gasteiger partial charge on any atom is 0.222 e. The molecule has 26 heavy (non-hydrogen) atoms. The molecule has 2 amide bonds. The number of carbonyl (C=O) groups is 2. The van der Waals surface area contributed by atoms with Gasteiger partial charge in [-0.2, -0.15) is 0 Å². The highest BCUT2D eigenvalue weighted by Crippen LogP contribution is 2.13. The van der Waals surface area contributed by atoms with Gasteiger partial charge in [0, 0.05) is 25.4 Å². The molecular weight excluding hydrogens is 324 g/mol. The molecule has 0 aromatic rings. The molecule has 1 heterocycles. The van der Waals surface area contributed by atoms with Crippen molar-refractivity contribution in [3.8, 4) is 0 Å². The molecule has 0 aromatic heterocycles. The molecule has 1 rings (SSSR count). The Kier molecular flexibility index (Phi) is 14.3. The monoisotopic (exact) mass is 366 g/mol. The summed E-state index contributed by atoms with van der Waals surface area (Å²) in [7, 11) is 0.